The molecule has 3 heterocycles. The Bertz CT molecular complexity index is 1130. The summed E-state index contributed by atoms with van der Waals surface area (Å²) in [4.78, 5) is 16.7. The Kier molecular flexibility index (Phi) is 6.71. The lowest BCUT2D eigenvalue weighted by atomic mass is 10.2. The maximum atomic E-state index is 13.9. The van der Waals surface area contributed by atoms with E-state index >= 15 is 0 Å². The average Bonchev–Trinajstić information content (AvgIpc) is 3.14. The molecule has 30 heavy (non-hydrogen) atoms. The molecule has 4 aromatic rings. The Balaban J connectivity index is 0.000000239. The zero-order chi connectivity index (χ0) is 21.5. The van der Waals surface area contributed by atoms with E-state index in [0.29, 0.717) is 33.8 Å². The summed E-state index contributed by atoms with van der Waals surface area (Å²) >= 11 is 6.02. The molecule has 0 atom stereocenters. The first-order chi connectivity index (χ1) is 14.5. The van der Waals surface area contributed by atoms with Gasteiger partial charge in [0.05, 0.1) is 28.5 Å². The second kappa shape index (κ2) is 9.61. The largest absolute Gasteiger partial charge is 0.450 e. The van der Waals surface area contributed by atoms with Gasteiger partial charge in [0.2, 0.25) is 6.41 Å². The average molecular weight is 433 g/mol. The van der Waals surface area contributed by atoms with E-state index in [1.807, 2.05) is 0 Å². The fourth-order valence-electron chi connectivity index (χ4n) is 2.43. The first-order valence-corrected chi connectivity index (χ1v) is 8.84. The van der Waals surface area contributed by atoms with Crippen molar-refractivity contribution in [3.05, 3.63) is 65.7 Å². The van der Waals surface area contributed by atoms with Gasteiger partial charge < -0.3 is 20.4 Å². The van der Waals surface area contributed by atoms with Crippen LogP contribution in [0.15, 0.2) is 49.1 Å². The van der Waals surface area contributed by atoms with Crippen molar-refractivity contribution in [3.63, 3.8) is 0 Å². The molecular weight excluding hydrogens is 418 g/mol. The maximum Gasteiger partial charge on any atom is 0.211 e. The van der Waals surface area contributed by atoms with Crippen molar-refractivity contribution in [3.8, 4) is 11.5 Å². The van der Waals surface area contributed by atoms with Crippen LogP contribution in [0.5, 0.6) is 11.5 Å². The zero-order valence-corrected chi connectivity index (χ0v) is 16.2. The number of hydrogen-bond donors (Lipinski definition) is 3. The molecule has 3 N–H and O–H groups in total. The first kappa shape index (κ1) is 20.9. The highest BCUT2D eigenvalue weighted by molar-refractivity contribution is 6.36. The smallest absolute Gasteiger partial charge is 0.211 e. The van der Waals surface area contributed by atoms with Crippen LogP contribution < -0.4 is 15.4 Å². The SMILES string of the molecule is CNc1cc(F)c(Oc2ccnc3[nH]cc(Cl)c23)c(F)c1.O=CNc1ccnnc1. The van der Waals surface area contributed by atoms with Crippen molar-refractivity contribution in [2.24, 2.45) is 0 Å². The van der Waals surface area contributed by atoms with E-state index in [9.17, 15) is 13.6 Å². The van der Waals surface area contributed by atoms with Crippen LogP contribution in [0.1, 0.15) is 0 Å². The highest BCUT2D eigenvalue weighted by atomic mass is 35.5. The zero-order valence-electron chi connectivity index (χ0n) is 15.5. The van der Waals surface area contributed by atoms with Crippen molar-refractivity contribution in [2.75, 3.05) is 17.7 Å². The van der Waals surface area contributed by atoms with Crippen LogP contribution in [0.25, 0.3) is 11.0 Å². The maximum absolute atomic E-state index is 13.9. The van der Waals surface area contributed by atoms with Gasteiger partial charge in [-0.25, -0.2) is 13.8 Å². The van der Waals surface area contributed by atoms with E-state index in [1.54, 1.807) is 13.1 Å². The molecule has 4 rings (SSSR count). The van der Waals surface area contributed by atoms with Crippen molar-refractivity contribution < 1.29 is 18.3 Å². The first-order valence-electron chi connectivity index (χ1n) is 8.46. The normalized spacial score (nSPS) is 10.1. The van der Waals surface area contributed by atoms with Crippen LogP contribution in [0.4, 0.5) is 20.2 Å². The summed E-state index contributed by atoms with van der Waals surface area (Å²) in [5.74, 6) is -1.88. The number of carbonyl (C=O) groups excluding carboxylic acids is 1. The van der Waals surface area contributed by atoms with Gasteiger partial charge in [0.25, 0.3) is 0 Å². The van der Waals surface area contributed by atoms with Gasteiger partial charge in [-0.1, -0.05) is 11.6 Å². The number of anilines is 2. The third-order valence-corrected chi connectivity index (χ3v) is 4.09. The molecule has 1 amide bonds. The fourth-order valence-corrected chi connectivity index (χ4v) is 2.67. The number of aromatic amines is 1. The predicted molar refractivity (Wildman–Crippen MR) is 109 cm³/mol. The molecule has 0 aliphatic carbocycles. The van der Waals surface area contributed by atoms with Crippen molar-refractivity contribution in [2.45, 2.75) is 0 Å². The number of nitrogens with zero attached hydrogens (tertiary/aromatic N) is 3. The Morgan fingerprint density at radius 3 is 2.53 bits per heavy atom. The van der Waals surface area contributed by atoms with Gasteiger partial charge in [0.1, 0.15) is 11.4 Å². The number of aromatic nitrogens is 4. The Morgan fingerprint density at radius 1 is 1.13 bits per heavy atom. The van der Waals surface area contributed by atoms with Crippen LogP contribution in [-0.2, 0) is 4.79 Å². The molecule has 0 aliphatic heterocycles. The van der Waals surface area contributed by atoms with Crippen LogP contribution in [0.2, 0.25) is 5.02 Å². The highest BCUT2D eigenvalue weighted by Gasteiger charge is 2.16. The number of rotatable bonds is 5. The van der Waals surface area contributed by atoms with Gasteiger partial charge in [-0.2, -0.15) is 10.2 Å². The standard InChI is InChI=1S/C14H10ClF2N3O.C5H5N3O/c1-18-7-4-9(16)13(10(17)5-7)21-11-2-3-19-14-12(11)8(15)6-20-14;9-4-6-5-1-2-7-8-3-5/h2-6,18H,1H3,(H,19,20);1-4H,(H,6,7,9). The number of benzene rings is 1. The minimum Gasteiger partial charge on any atom is -0.450 e. The third kappa shape index (κ3) is 4.78. The number of carbonyl (C=O) groups is 1. The summed E-state index contributed by atoms with van der Waals surface area (Å²) in [6, 6.07) is 5.44. The number of H-pyrrole nitrogens is 1. The second-order valence-corrected chi connectivity index (χ2v) is 6.09. The molecule has 1 aromatic carbocycles. The number of halogens is 3. The molecule has 0 unspecified atom stereocenters. The lowest BCUT2D eigenvalue weighted by molar-refractivity contribution is -0.105. The van der Waals surface area contributed by atoms with Crippen LogP contribution in [0.3, 0.4) is 0 Å². The molecule has 0 saturated carbocycles. The Labute approximate surface area is 174 Å². The molecule has 11 heteroatoms. The van der Waals surface area contributed by atoms with Crippen molar-refractivity contribution in [1.82, 2.24) is 20.2 Å². The van der Waals surface area contributed by atoms with Gasteiger partial charge in [-0.05, 0) is 12.1 Å². The topological polar surface area (TPSA) is 105 Å². The predicted octanol–water partition coefficient (Wildman–Crippen LogP) is 4.37. The van der Waals surface area contributed by atoms with Gasteiger partial charge in [0.15, 0.2) is 17.4 Å². The van der Waals surface area contributed by atoms with Crippen molar-refractivity contribution >= 4 is 40.4 Å². The molecule has 0 saturated heterocycles. The molecule has 3 aromatic heterocycles. The molecule has 0 aliphatic rings. The Morgan fingerprint density at radius 2 is 1.90 bits per heavy atom. The minimum absolute atomic E-state index is 0.223. The Hall–Kier alpha value is -3.79. The number of nitrogens with one attached hydrogen (secondary N) is 3. The molecule has 154 valence electrons. The third-order valence-electron chi connectivity index (χ3n) is 3.80. The molecule has 0 spiro atoms. The molecular formula is C19H15ClF2N6O2. The molecule has 0 bridgehead atoms. The van der Waals surface area contributed by atoms with E-state index in [0.717, 1.165) is 12.1 Å². The van der Waals surface area contributed by atoms with E-state index in [-0.39, 0.29) is 5.75 Å². The number of ether oxygens (including phenoxy) is 1. The van der Waals surface area contributed by atoms with Gasteiger partial charge in [-0.3, -0.25) is 4.79 Å². The summed E-state index contributed by atoms with van der Waals surface area (Å²) in [7, 11) is 1.57. The minimum atomic E-state index is -0.809. The number of fused-ring (bicyclic) bond motifs is 1. The summed E-state index contributed by atoms with van der Waals surface area (Å²) < 4.78 is 33.3. The number of hydrogen-bond acceptors (Lipinski definition) is 6. The summed E-state index contributed by atoms with van der Waals surface area (Å²) in [6.45, 7) is 0. The van der Waals surface area contributed by atoms with Crippen LogP contribution in [-0.4, -0.2) is 33.6 Å². The summed E-state index contributed by atoms with van der Waals surface area (Å²) in [5.41, 5.74) is 1.45. The van der Waals surface area contributed by atoms with Crippen LogP contribution >= 0.6 is 11.6 Å². The monoisotopic (exact) mass is 432 g/mol. The molecule has 0 fully saturated rings. The second-order valence-electron chi connectivity index (χ2n) is 5.68. The highest BCUT2D eigenvalue weighted by Crippen LogP contribution is 2.36. The van der Waals surface area contributed by atoms with Gasteiger partial charge >= 0.3 is 0 Å². The van der Waals surface area contributed by atoms with Gasteiger partial charge in [-0.15, -0.1) is 0 Å². The van der Waals surface area contributed by atoms with Crippen LogP contribution in [0, 0.1) is 11.6 Å². The van der Waals surface area contributed by atoms with Gasteiger partial charge in [0, 0.05) is 37.3 Å². The summed E-state index contributed by atoms with van der Waals surface area (Å²) in [6.07, 6.45) is 6.56. The van der Waals surface area contributed by atoms with E-state index in [1.165, 1.54) is 30.9 Å². The van der Waals surface area contributed by atoms with E-state index in [4.69, 9.17) is 16.3 Å². The lowest BCUT2D eigenvalue weighted by Gasteiger charge is -2.10. The quantitative estimate of drug-likeness (QED) is 0.404. The van der Waals surface area contributed by atoms with E-state index in [2.05, 4.69) is 30.8 Å². The number of amides is 1. The molecule has 0 radical (unpaired) electrons. The fraction of sp³-hybridized carbons (Fsp3) is 0.0526. The van der Waals surface area contributed by atoms with E-state index < -0.39 is 17.4 Å². The summed E-state index contributed by atoms with van der Waals surface area (Å²) in [5, 5.41) is 13.0. The lowest BCUT2D eigenvalue weighted by Crippen LogP contribution is -1.97. The molecule has 8 nitrogen and oxygen atoms in total. The number of pyridine rings is 1. The van der Waals surface area contributed by atoms with Crippen molar-refractivity contribution in [1.29, 1.82) is 0 Å².